The van der Waals surface area contributed by atoms with Crippen molar-refractivity contribution in [3.8, 4) is 0 Å². The van der Waals surface area contributed by atoms with Gasteiger partial charge in [-0.15, -0.1) is 0 Å². The Bertz CT molecular complexity index is 615. The number of anilines is 1. The van der Waals surface area contributed by atoms with Crippen LogP contribution in [0.3, 0.4) is 0 Å². The topological polar surface area (TPSA) is 58.2 Å². The second kappa shape index (κ2) is 7.77. The van der Waals surface area contributed by atoms with E-state index in [1.54, 1.807) is 5.32 Å². The lowest BCUT2D eigenvalue weighted by Gasteiger charge is -2.12. The monoisotopic (exact) mass is 374 g/mol. The number of thioether (sulfide) groups is 1. The number of amides is 2. The Morgan fingerprint density at radius 3 is 2.29 bits per heavy atom. The number of rotatable bonds is 5. The zero-order valence-electron chi connectivity index (χ0n) is 12.1. The third-order valence-corrected chi connectivity index (χ3v) is 3.32. The van der Waals surface area contributed by atoms with Gasteiger partial charge in [-0.2, -0.15) is 26.3 Å². The number of halogens is 6. The van der Waals surface area contributed by atoms with Crippen molar-refractivity contribution < 1.29 is 35.9 Å². The van der Waals surface area contributed by atoms with E-state index in [4.69, 9.17) is 0 Å². The molecule has 134 valence electrons. The van der Waals surface area contributed by atoms with Gasteiger partial charge in [-0.05, 0) is 36.4 Å². The second-order valence-corrected chi connectivity index (χ2v) is 5.65. The SMILES string of the molecule is Cc1ccc(C(=O)NCC(F)(F)F)cc1NC(=O)CSC(F)(F)F. The number of hydrogen-bond acceptors (Lipinski definition) is 3. The van der Waals surface area contributed by atoms with Gasteiger partial charge in [-0.25, -0.2) is 0 Å². The molecular weight excluding hydrogens is 362 g/mol. The van der Waals surface area contributed by atoms with Gasteiger partial charge in [0.2, 0.25) is 5.91 Å². The van der Waals surface area contributed by atoms with Gasteiger partial charge in [0.1, 0.15) is 6.54 Å². The Kier molecular flexibility index (Phi) is 6.52. The van der Waals surface area contributed by atoms with Crippen molar-refractivity contribution in [2.24, 2.45) is 0 Å². The molecule has 1 aromatic carbocycles. The Balaban J connectivity index is 2.75. The third-order valence-electron chi connectivity index (χ3n) is 2.59. The Morgan fingerprint density at radius 1 is 1.12 bits per heavy atom. The maximum Gasteiger partial charge on any atom is 0.442 e. The Hall–Kier alpha value is -1.91. The van der Waals surface area contributed by atoms with Gasteiger partial charge in [-0.3, -0.25) is 9.59 Å². The molecule has 1 aromatic rings. The molecule has 0 saturated heterocycles. The lowest BCUT2D eigenvalue weighted by atomic mass is 10.1. The molecule has 1 rings (SSSR count). The first-order valence-corrected chi connectivity index (χ1v) is 7.32. The number of carbonyl (C=O) groups excluding carboxylic acids is 2. The van der Waals surface area contributed by atoms with Gasteiger partial charge in [-0.1, -0.05) is 6.07 Å². The van der Waals surface area contributed by atoms with Crippen molar-refractivity contribution in [1.29, 1.82) is 0 Å². The highest BCUT2D eigenvalue weighted by atomic mass is 32.2. The average molecular weight is 374 g/mol. The van der Waals surface area contributed by atoms with Gasteiger partial charge in [0.25, 0.3) is 5.91 Å². The fraction of sp³-hybridized carbons (Fsp3) is 0.385. The average Bonchev–Trinajstić information content (AvgIpc) is 2.43. The Labute approximate surface area is 137 Å². The first-order valence-electron chi connectivity index (χ1n) is 6.33. The fourth-order valence-electron chi connectivity index (χ4n) is 1.51. The maximum atomic E-state index is 12.1. The smallest absolute Gasteiger partial charge is 0.343 e. The van der Waals surface area contributed by atoms with E-state index in [2.05, 4.69) is 5.32 Å². The van der Waals surface area contributed by atoms with Crippen LogP contribution in [-0.4, -0.2) is 35.8 Å². The van der Waals surface area contributed by atoms with E-state index in [0.29, 0.717) is 5.56 Å². The molecule has 0 radical (unpaired) electrons. The van der Waals surface area contributed by atoms with Gasteiger partial charge in [0.15, 0.2) is 0 Å². The first-order chi connectivity index (χ1) is 10.9. The number of benzene rings is 1. The van der Waals surface area contributed by atoms with E-state index in [0.717, 1.165) is 6.07 Å². The van der Waals surface area contributed by atoms with Crippen LogP contribution in [0.5, 0.6) is 0 Å². The largest absolute Gasteiger partial charge is 0.442 e. The van der Waals surface area contributed by atoms with E-state index in [-0.39, 0.29) is 11.3 Å². The summed E-state index contributed by atoms with van der Waals surface area (Å²) in [4.78, 5) is 23.1. The molecule has 0 saturated carbocycles. The zero-order chi connectivity index (χ0) is 18.5. The van der Waals surface area contributed by atoms with Crippen LogP contribution in [-0.2, 0) is 4.79 Å². The summed E-state index contributed by atoms with van der Waals surface area (Å²) in [6.07, 6.45) is -4.58. The highest BCUT2D eigenvalue weighted by Gasteiger charge is 2.29. The maximum absolute atomic E-state index is 12.1. The van der Waals surface area contributed by atoms with E-state index >= 15 is 0 Å². The van der Waals surface area contributed by atoms with Crippen LogP contribution in [0.2, 0.25) is 0 Å². The molecule has 0 aromatic heterocycles. The van der Waals surface area contributed by atoms with Crippen molar-refractivity contribution in [2.45, 2.75) is 18.6 Å². The summed E-state index contributed by atoms with van der Waals surface area (Å²) in [6.45, 7) is -0.00641. The summed E-state index contributed by atoms with van der Waals surface area (Å²) >= 11 is -0.528. The zero-order valence-corrected chi connectivity index (χ0v) is 13.0. The van der Waals surface area contributed by atoms with Crippen molar-refractivity contribution in [3.05, 3.63) is 29.3 Å². The molecule has 0 heterocycles. The van der Waals surface area contributed by atoms with Crippen LogP contribution in [0.25, 0.3) is 0 Å². The standard InChI is InChI=1S/C13H12F6N2O2S/c1-7-2-3-8(11(23)20-6-12(14,15)16)4-9(7)21-10(22)5-24-13(17,18)19/h2-4H,5-6H2,1H3,(H,20,23)(H,21,22). The molecule has 24 heavy (non-hydrogen) atoms. The molecule has 0 fully saturated rings. The van der Waals surface area contributed by atoms with Crippen LogP contribution in [0.1, 0.15) is 15.9 Å². The first kappa shape index (κ1) is 20.1. The predicted octanol–water partition coefficient (Wildman–Crippen LogP) is 3.48. The molecule has 0 atom stereocenters. The van der Waals surface area contributed by atoms with E-state index in [1.807, 2.05) is 0 Å². The lowest BCUT2D eigenvalue weighted by Crippen LogP contribution is -2.33. The summed E-state index contributed by atoms with van der Waals surface area (Å²) < 4.78 is 72.3. The van der Waals surface area contributed by atoms with Crippen LogP contribution in [0.15, 0.2) is 18.2 Å². The van der Waals surface area contributed by atoms with E-state index in [1.165, 1.54) is 19.1 Å². The number of aryl methyl sites for hydroxylation is 1. The highest BCUT2D eigenvalue weighted by Crippen LogP contribution is 2.30. The van der Waals surface area contributed by atoms with Crippen molar-refractivity contribution in [3.63, 3.8) is 0 Å². The van der Waals surface area contributed by atoms with Crippen molar-refractivity contribution >= 4 is 29.3 Å². The number of nitrogens with one attached hydrogen (secondary N) is 2. The number of hydrogen-bond donors (Lipinski definition) is 2. The molecule has 0 unspecified atom stereocenters. The fourth-order valence-corrected chi connectivity index (χ4v) is 1.88. The minimum atomic E-state index is -4.58. The summed E-state index contributed by atoms with van der Waals surface area (Å²) in [5, 5.41) is 3.84. The van der Waals surface area contributed by atoms with Crippen LogP contribution < -0.4 is 10.6 Å². The highest BCUT2D eigenvalue weighted by molar-refractivity contribution is 8.00. The number of alkyl halides is 6. The lowest BCUT2D eigenvalue weighted by molar-refractivity contribution is -0.123. The normalized spacial score (nSPS) is 12.0. The molecular formula is C13H12F6N2O2S. The number of carbonyl (C=O) groups is 2. The van der Waals surface area contributed by atoms with Crippen LogP contribution in [0.4, 0.5) is 32.0 Å². The van der Waals surface area contributed by atoms with Crippen LogP contribution in [0, 0.1) is 6.92 Å². The molecule has 4 nitrogen and oxygen atoms in total. The molecule has 2 amide bonds. The van der Waals surface area contributed by atoms with Crippen molar-refractivity contribution in [1.82, 2.24) is 5.32 Å². The van der Waals surface area contributed by atoms with Crippen LogP contribution >= 0.6 is 11.8 Å². The molecule has 0 spiro atoms. The molecule has 11 heteroatoms. The van der Waals surface area contributed by atoms with Gasteiger partial charge < -0.3 is 10.6 Å². The predicted molar refractivity (Wildman–Crippen MR) is 76.7 cm³/mol. The van der Waals surface area contributed by atoms with Gasteiger partial charge in [0.05, 0.1) is 5.75 Å². The Morgan fingerprint density at radius 2 is 1.75 bits per heavy atom. The van der Waals surface area contributed by atoms with E-state index in [9.17, 15) is 35.9 Å². The summed E-state index contributed by atoms with van der Waals surface area (Å²) in [7, 11) is 0. The quantitative estimate of drug-likeness (QED) is 0.776. The summed E-state index contributed by atoms with van der Waals surface area (Å²) in [5.74, 6) is -2.85. The molecule has 0 bridgehead atoms. The minimum absolute atomic E-state index is 0.0439. The van der Waals surface area contributed by atoms with Gasteiger partial charge in [0, 0.05) is 11.3 Å². The summed E-state index contributed by atoms with van der Waals surface area (Å²) in [6, 6.07) is 3.69. The minimum Gasteiger partial charge on any atom is -0.343 e. The molecule has 2 N–H and O–H groups in total. The molecule has 0 aliphatic heterocycles. The summed E-state index contributed by atoms with van der Waals surface area (Å²) in [5.41, 5.74) is -4.25. The third kappa shape index (κ3) is 7.57. The molecule has 0 aliphatic rings. The molecule has 0 aliphatic carbocycles. The van der Waals surface area contributed by atoms with Crippen molar-refractivity contribution in [2.75, 3.05) is 17.6 Å². The van der Waals surface area contributed by atoms with Gasteiger partial charge >= 0.3 is 11.7 Å². The van der Waals surface area contributed by atoms with E-state index < -0.39 is 47.6 Å². The second-order valence-electron chi connectivity index (χ2n) is 4.61.